The van der Waals surface area contributed by atoms with E-state index in [2.05, 4.69) is 22.4 Å². The van der Waals surface area contributed by atoms with Gasteiger partial charge in [0, 0.05) is 12.6 Å². The summed E-state index contributed by atoms with van der Waals surface area (Å²) in [6, 6.07) is 1.68. The highest BCUT2D eigenvalue weighted by atomic mass is 35.5. The zero-order valence-corrected chi connectivity index (χ0v) is 9.57. The number of hydrogen-bond acceptors (Lipinski definition) is 3. The summed E-state index contributed by atoms with van der Waals surface area (Å²) in [5.41, 5.74) is 0.753. The lowest BCUT2D eigenvalue weighted by atomic mass is 10.2. The number of nitrogens with one attached hydrogen (secondary N) is 1. The van der Waals surface area contributed by atoms with Gasteiger partial charge in [-0.05, 0) is 6.42 Å². The number of nitrogens with zero attached hydrogens (tertiary/aromatic N) is 2. The van der Waals surface area contributed by atoms with Gasteiger partial charge in [-0.1, -0.05) is 43.0 Å². The maximum Gasteiger partial charge on any atom is 0.174 e. The monoisotopic (exact) mass is 233 g/mol. The van der Waals surface area contributed by atoms with Gasteiger partial charge in [0.05, 0.1) is 5.69 Å². The van der Waals surface area contributed by atoms with Crippen molar-refractivity contribution in [1.82, 2.24) is 10.2 Å². The molecule has 0 unspecified atom stereocenters. The Balaban J connectivity index is 2.45. The Bertz CT molecular complexity index is 291. The molecular weight excluding hydrogens is 221 g/mol. The van der Waals surface area contributed by atoms with Crippen molar-refractivity contribution >= 4 is 28.9 Å². The van der Waals surface area contributed by atoms with Crippen LogP contribution in [-0.4, -0.2) is 16.7 Å². The Hall–Kier alpha value is -0.540. The summed E-state index contributed by atoms with van der Waals surface area (Å²) in [5, 5.41) is 11.2. The molecule has 0 saturated heterocycles. The van der Waals surface area contributed by atoms with Crippen LogP contribution in [0.1, 0.15) is 26.2 Å². The maximum absolute atomic E-state index is 5.81. The predicted octanol–water partition coefficient (Wildman–Crippen LogP) is 3.39. The van der Waals surface area contributed by atoms with E-state index in [1.165, 1.54) is 12.8 Å². The van der Waals surface area contributed by atoms with Crippen LogP contribution in [0.4, 0.5) is 5.69 Å². The zero-order chi connectivity index (χ0) is 10.4. The Morgan fingerprint density at radius 2 is 2.07 bits per heavy atom. The molecule has 0 atom stereocenters. The van der Waals surface area contributed by atoms with Crippen molar-refractivity contribution in [2.24, 2.45) is 0 Å². The summed E-state index contributed by atoms with van der Waals surface area (Å²) in [6.45, 7) is 3.05. The van der Waals surface area contributed by atoms with Crippen molar-refractivity contribution in [3.8, 4) is 0 Å². The van der Waals surface area contributed by atoms with Gasteiger partial charge >= 0.3 is 0 Å². The van der Waals surface area contributed by atoms with Gasteiger partial charge < -0.3 is 5.32 Å². The molecule has 0 aliphatic heterocycles. The third kappa shape index (κ3) is 3.68. The van der Waals surface area contributed by atoms with Crippen LogP contribution in [0.5, 0.6) is 0 Å². The smallest absolute Gasteiger partial charge is 0.174 e. The molecule has 3 nitrogen and oxygen atoms in total. The van der Waals surface area contributed by atoms with E-state index in [-0.39, 0.29) is 0 Å². The van der Waals surface area contributed by atoms with Crippen molar-refractivity contribution < 1.29 is 0 Å². The van der Waals surface area contributed by atoms with E-state index in [0.717, 1.165) is 18.7 Å². The molecule has 1 aromatic rings. The Kier molecular flexibility index (Phi) is 4.98. The number of aromatic nitrogens is 2. The lowest BCUT2D eigenvalue weighted by Gasteiger charge is -2.06. The fourth-order valence-corrected chi connectivity index (χ4v) is 1.38. The van der Waals surface area contributed by atoms with Crippen LogP contribution in [-0.2, 0) is 0 Å². The molecule has 0 aromatic carbocycles. The molecule has 0 aliphatic carbocycles. The van der Waals surface area contributed by atoms with Crippen molar-refractivity contribution in [3.63, 3.8) is 0 Å². The highest BCUT2D eigenvalue weighted by Crippen LogP contribution is 2.20. The van der Waals surface area contributed by atoms with Gasteiger partial charge in [-0.2, -0.15) is 0 Å². The number of unbranched alkanes of at least 4 members (excludes halogenated alkanes) is 2. The second-order valence-electron chi connectivity index (χ2n) is 3.01. The molecule has 0 fully saturated rings. The summed E-state index contributed by atoms with van der Waals surface area (Å²) in [5.74, 6) is 0. The van der Waals surface area contributed by atoms with Gasteiger partial charge in [-0.3, -0.25) is 0 Å². The van der Waals surface area contributed by atoms with E-state index in [1.807, 2.05) is 0 Å². The van der Waals surface area contributed by atoms with Crippen LogP contribution in [0.3, 0.4) is 0 Å². The van der Waals surface area contributed by atoms with Crippen LogP contribution in [0.15, 0.2) is 6.07 Å². The van der Waals surface area contributed by atoms with Crippen LogP contribution >= 0.6 is 23.2 Å². The van der Waals surface area contributed by atoms with E-state index in [9.17, 15) is 0 Å². The lowest BCUT2D eigenvalue weighted by Crippen LogP contribution is -2.03. The fourth-order valence-electron chi connectivity index (χ4n) is 1.08. The molecule has 0 saturated carbocycles. The van der Waals surface area contributed by atoms with Crippen molar-refractivity contribution in [2.75, 3.05) is 11.9 Å². The van der Waals surface area contributed by atoms with Gasteiger partial charge in [0.25, 0.3) is 0 Å². The molecule has 1 heterocycles. The first-order valence-corrected chi connectivity index (χ1v) is 5.42. The highest BCUT2D eigenvalue weighted by molar-refractivity contribution is 6.33. The Morgan fingerprint density at radius 3 is 2.79 bits per heavy atom. The summed E-state index contributed by atoms with van der Waals surface area (Å²) >= 11 is 11.5. The van der Waals surface area contributed by atoms with Crippen LogP contribution in [0.2, 0.25) is 10.3 Å². The van der Waals surface area contributed by atoms with E-state index in [4.69, 9.17) is 23.2 Å². The zero-order valence-electron chi connectivity index (χ0n) is 8.06. The second-order valence-corrected chi connectivity index (χ2v) is 3.75. The van der Waals surface area contributed by atoms with Gasteiger partial charge in [0.1, 0.15) is 0 Å². The van der Waals surface area contributed by atoms with Crippen LogP contribution in [0.25, 0.3) is 0 Å². The molecular formula is C9H13Cl2N3. The van der Waals surface area contributed by atoms with E-state index >= 15 is 0 Å². The summed E-state index contributed by atoms with van der Waals surface area (Å²) in [7, 11) is 0. The standard InChI is InChI=1S/C9H13Cl2N3/c1-2-3-4-5-12-7-6-8(10)13-14-9(7)11/h6H,2-5H2,1H3,(H,12,13). The largest absolute Gasteiger partial charge is 0.382 e. The Morgan fingerprint density at radius 1 is 1.29 bits per heavy atom. The molecule has 0 bridgehead atoms. The average Bonchev–Trinajstić information content (AvgIpc) is 2.18. The second kappa shape index (κ2) is 6.04. The summed E-state index contributed by atoms with van der Waals surface area (Å²) in [6.07, 6.45) is 3.52. The predicted molar refractivity (Wildman–Crippen MR) is 60.1 cm³/mol. The number of halogens is 2. The van der Waals surface area contributed by atoms with Crippen molar-refractivity contribution in [2.45, 2.75) is 26.2 Å². The average molecular weight is 234 g/mol. The number of anilines is 1. The van der Waals surface area contributed by atoms with Crippen LogP contribution < -0.4 is 5.32 Å². The molecule has 0 spiro atoms. The minimum Gasteiger partial charge on any atom is -0.382 e. The first-order valence-electron chi connectivity index (χ1n) is 4.66. The molecule has 1 aromatic heterocycles. The van der Waals surface area contributed by atoms with E-state index in [0.29, 0.717) is 10.3 Å². The molecule has 78 valence electrons. The lowest BCUT2D eigenvalue weighted by molar-refractivity contribution is 0.743. The van der Waals surface area contributed by atoms with E-state index in [1.54, 1.807) is 6.07 Å². The van der Waals surface area contributed by atoms with Crippen LogP contribution in [0, 0.1) is 0 Å². The van der Waals surface area contributed by atoms with Gasteiger partial charge in [0.2, 0.25) is 0 Å². The molecule has 0 aliphatic rings. The topological polar surface area (TPSA) is 37.8 Å². The van der Waals surface area contributed by atoms with E-state index < -0.39 is 0 Å². The normalized spacial score (nSPS) is 10.2. The number of rotatable bonds is 5. The van der Waals surface area contributed by atoms with Gasteiger partial charge in [0.15, 0.2) is 10.3 Å². The molecule has 1 rings (SSSR count). The van der Waals surface area contributed by atoms with Crippen molar-refractivity contribution in [3.05, 3.63) is 16.4 Å². The molecule has 5 heteroatoms. The molecule has 1 N–H and O–H groups in total. The molecule has 0 amide bonds. The minimum absolute atomic E-state index is 0.354. The third-order valence-corrected chi connectivity index (χ3v) is 2.28. The fraction of sp³-hybridized carbons (Fsp3) is 0.556. The molecule has 14 heavy (non-hydrogen) atoms. The summed E-state index contributed by atoms with van der Waals surface area (Å²) in [4.78, 5) is 0. The summed E-state index contributed by atoms with van der Waals surface area (Å²) < 4.78 is 0. The third-order valence-electron chi connectivity index (χ3n) is 1.81. The van der Waals surface area contributed by atoms with Gasteiger partial charge in [-0.25, -0.2) is 0 Å². The highest BCUT2D eigenvalue weighted by Gasteiger charge is 2.02. The molecule has 0 radical (unpaired) electrons. The van der Waals surface area contributed by atoms with Crippen molar-refractivity contribution in [1.29, 1.82) is 0 Å². The minimum atomic E-state index is 0.354. The number of hydrogen-bond donors (Lipinski definition) is 1. The maximum atomic E-state index is 5.81. The SMILES string of the molecule is CCCCCNc1cc(Cl)nnc1Cl. The Labute approximate surface area is 93.8 Å². The first kappa shape index (κ1) is 11.5. The van der Waals surface area contributed by atoms with Gasteiger partial charge in [-0.15, -0.1) is 10.2 Å². The first-order chi connectivity index (χ1) is 6.74. The quantitative estimate of drug-likeness (QED) is 0.793.